The number of thiophene rings is 1. The molecule has 0 unspecified atom stereocenters. The predicted molar refractivity (Wildman–Crippen MR) is 95.6 cm³/mol. The Morgan fingerprint density at radius 3 is 2.43 bits per heavy atom. The summed E-state index contributed by atoms with van der Waals surface area (Å²) in [5.74, 6) is -0.0385. The van der Waals surface area contributed by atoms with E-state index in [1.54, 1.807) is 0 Å². The molecule has 2 N–H and O–H groups in total. The molecule has 0 aliphatic heterocycles. The van der Waals surface area contributed by atoms with Crippen LogP contribution in [-0.4, -0.2) is 22.6 Å². The van der Waals surface area contributed by atoms with Gasteiger partial charge in [-0.1, -0.05) is 0 Å². The highest BCUT2D eigenvalue weighted by Crippen LogP contribution is 2.63. The van der Waals surface area contributed by atoms with E-state index in [1.807, 2.05) is 6.07 Å². The first-order chi connectivity index (χ1) is 12.8. The van der Waals surface area contributed by atoms with Gasteiger partial charge in [0.2, 0.25) is 0 Å². The molecule has 13 heteroatoms. The molecule has 0 spiro atoms. The molecule has 0 atom stereocenters. The van der Waals surface area contributed by atoms with Crippen LogP contribution in [-0.2, 0) is 16.6 Å². The van der Waals surface area contributed by atoms with Crippen molar-refractivity contribution in [1.82, 2.24) is 0 Å². The third kappa shape index (κ3) is 5.02. The number of alkyl halides is 5. The van der Waals surface area contributed by atoms with Gasteiger partial charge in [-0.05, 0) is 40.0 Å². The summed E-state index contributed by atoms with van der Waals surface area (Å²) in [4.78, 5) is 17.0. The van der Waals surface area contributed by atoms with Crippen molar-refractivity contribution in [3.05, 3.63) is 27.0 Å². The van der Waals surface area contributed by atoms with E-state index in [0.717, 1.165) is 0 Å². The van der Waals surface area contributed by atoms with Crippen molar-refractivity contribution < 1.29 is 41.0 Å². The number of nitriles is 1. The van der Waals surface area contributed by atoms with Gasteiger partial charge in [0, 0.05) is 16.3 Å². The molecule has 0 saturated carbocycles. The Labute approximate surface area is 168 Å². The zero-order valence-electron chi connectivity index (χ0n) is 13.8. The molecule has 0 saturated heterocycles. The van der Waals surface area contributed by atoms with E-state index in [0.29, 0.717) is 16.9 Å². The van der Waals surface area contributed by atoms with Gasteiger partial charge in [-0.15, -0.1) is 11.3 Å². The minimum atomic E-state index is -5.83. The van der Waals surface area contributed by atoms with Gasteiger partial charge in [0.15, 0.2) is 0 Å². The molecule has 154 valence electrons. The van der Waals surface area contributed by atoms with Crippen LogP contribution in [0.5, 0.6) is 5.75 Å². The third-order valence-electron chi connectivity index (χ3n) is 3.54. The van der Waals surface area contributed by atoms with Crippen LogP contribution in [0.1, 0.15) is 23.3 Å². The third-order valence-corrected chi connectivity index (χ3v) is 7.02. The van der Waals surface area contributed by atoms with Crippen LogP contribution in [0.3, 0.4) is 0 Å². The second kappa shape index (κ2) is 8.24. The Balaban J connectivity index is 2.49. The number of rotatable bonds is 7. The number of benzene rings is 1. The summed E-state index contributed by atoms with van der Waals surface area (Å²) in [5, 5.41) is 8.97. The van der Waals surface area contributed by atoms with Crippen LogP contribution in [0.25, 0.3) is 10.1 Å². The molecule has 0 bridgehead atoms. The van der Waals surface area contributed by atoms with E-state index >= 15 is 0 Å². The molecule has 2 aromatic rings. The lowest BCUT2D eigenvalue weighted by atomic mass is 10.1. The molecule has 1 aromatic carbocycles. The molecule has 1 aromatic heterocycles. The molecule has 1 heterocycles. The van der Waals surface area contributed by atoms with Gasteiger partial charge in [-0.3, -0.25) is 4.57 Å². The van der Waals surface area contributed by atoms with Gasteiger partial charge >= 0.3 is 19.4 Å². The van der Waals surface area contributed by atoms with Crippen molar-refractivity contribution in [2.75, 3.05) is 6.61 Å². The van der Waals surface area contributed by atoms with Gasteiger partial charge in [0.25, 0.3) is 0 Å². The summed E-state index contributed by atoms with van der Waals surface area (Å²) in [6.07, 6.45) is -5.96. The van der Waals surface area contributed by atoms with Crippen LogP contribution in [0, 0.1) is 11.3 Å². The van der Waals surface area contributed by atoms with Gasteiger partial charge in [-0.25, -0.2) is 0 Å². The molecule has 0 amide bonds. The van der Waals surface area contributed by atoms with Crippen LogP contribution in [0.15, 0.2) is 16.6 Å². The van der Waals surface area contributed by atoms with E-state index in [-0.39, 0.29) is 39.8 Å². The number of nitrogens with zero attached hydrogens (tertiary/aromatic N) is 1. The van der Waals surface area contributed by atoms with Gasteiger partial charge < -0.3 is 14.5 Å². The number of ether oxygens (including phenoxy) is 1. The van der Waals surface area contributed by atoms with E-state index in [9.17, 15) is 26.5 Å². The first kappa shape index (κ1) is 23.0. The fourth-order valence-corrected chi connectivity index (χ4v) is 5.25. The van der Waals surface area contributed by atoms with Crippen LogP contribution in [0.2, 0.25) is 0 Å². The normalized spacial score (nSPS) is 13.0. The summed E-state index contributed by atoms with van der Waals surface area (Å²) in [7, 11) is -5.83. The monoisotopic (exact) mass is 507 g/mol. The number of halogens is 6. The molecule has 0 aliphatic carbocycles. The van der Waals surface area contributed by atoms with Crippen LogP contribution >= 0.6 is 34.9 Å². The van der Waals surface area contributed by atoms with Gasteiger partial charge in [-0.2, -0.15) is 27.2 Å². The molecule has 28 heavy (non-hydrogen) atoms. The van der Waals surface area contributed by atoms with E-state index < -0.39 is 30.7 Å². The Bertz CT molecular complexity index is 966. The lowest BCUT2D eigenvalue weighted by Crippen LogP contribution is -2.12. The molecule has 0 aliphatic rings. The Morgan fingerprint density at radius 2 is 1.89 bits per heavy atom. The van der Waals surface area contributed by atoms with Gasteiger partial charge in [0.05, 0.1) is 23.8 Å². The highest BCUT2D eigenvalue weighted by atomic mass is 79.9. The Kier molecular flexibility index (Phi) is 6.78. The van der Waals surface area contributed by atoms with Crippen molar-refractivity contribution in [1.29, 1.82) is 5.26 Å². The van der Waals surface area contributed by atoms with Gasteiger partial charge in [0.1, 0.15) is 10.6 Å². The predicted octanol–water partition coefficient (Wildman–Crippen LogP) is 5.68. The average Bonchev–Trinajstić information content (AvgIpc) is 2.88. The molecular weight excluding hydrogens is 496 g/mol. The standard InChI is InChI=1S/C15H12BrF5NO4PS/c16-11-9-6-8(2-4-22)7-10(26-5-1-3-14(17,18)19)12(9)28-13(11)15(20,21)27(23,24)25/h6-7H,1-3,5H2,(H2,23,24,25). The van der Waals surface area contributed by atoms with E-state index in [2.05, 4.69) is 15.9 Å². The summed E-state index contributed by atoms with van der Waals surface area (Å²) in [5.41, 5.74) is -4.12. The van der Waals surface area contributed by atoms with E-state index in [4.69, 9.17) is 19.8 Å². The maximum atomic E-state index is 14.2. The quantitative estimate of drug-likeness (QED) is 0.286. The number of hydrogen-bond donors (Lipinski definition) is 2. The van der Waals surface area contributed by atoms with Crippen molar-refractivity contribution in [3.63, 3.8) is 0 Å². The topological polar surface area (TPSA) is 90.5 Å². The summed E-state index contributed by atoms with van der Waals surface area (Å²) < 4.78 is 81.4. The van der Waals surface area contributed by atoms with Crippen LogP contribution in [0.4, 0.5) is 22.0 Å². The smallest absolute Gasteiger partial charge is 0.400 e. The first-order valence-electron chi connectivity index (χ1n) is 7.53. The zero-order valence-corrected chi connectivity index (χ0v) is 17.1. The summed E-state index contributed by atoms with van der Waals surface area (Å²) >= 11 is 3.26. The molecule has 2 rings (SSSR count). The zero-order chi connectivity index (χ0) is 21.3. The second-order valence-electron chi connectivity index (χ2n) is 5.70. The largest absolute Gasteiger partial charge is 0.492 e. The minimum absolute atomic E-state index is 0.0385. The second-order valence-corrected chi connectivity index (χ2v) is 9.17. The molecule has 0 fully saturated rings. The van der Waals surface area contributed by atoms with E-state index in [1.165, 1.54) is 12.1 Å². The highest BCUT2D eigenvalue weighted by Gasteiger charge is 2.53. The summed E-state index contributed by atoms with van der Waals surface area (Å²) in [6.45, 7) is -0.357. The van der Waals surface area contributed by atoms with Crippen LogP contribution < -0.4 is 4.74 Å². The maximum Gasteiger partial charge on any atom is 0.400 e. The lowest BCUT2D eigenvalue weighted by molar-refractivity contribution is -0.136. The highest BCUT2D eigenvalue weighted by molar-refractivity contribution is 9.10. The molecular formula is C15H12BrF5NO4PS. The molecule has 0 radical (unpaired) electrons. The Hall–Kier alpha value is -1.25. The van der Waals surface area contributed by atoms with Crippen molar-refractivity contribution >= 4 is 44.9 Å². The average molecular weight is 508 g/mol. The fourth-order valence-electron chi connectivity index (χ4n) is 2.28. The van der Waals surface area contributed by atoms with Crippen molar-refractivity contribution in [3.8, 4) is 11.8 Å². The lowest BCUT2D eigenvalue weighted by Gasteiger charge is -2.16. The minimum Gasteiger partial charge on any atom is -0.492 e. The van der Waals surface area contributed by atoms with Crippen molar-refractivity contribution in [2.45, 2.75) is 31.1 Å². The maximum absolute atomic E-state index is 14.2. The molecule has 5 nitrogen and oxygen atoms in total. The first-order valence-corrected chi connectivity index (χ1v) is 10.8. The summed E-state index contributed by atoms with van der Waals surface area (Å²) in [6, 6.07) is 4.57. The SMILES string of the molecule is N#CCc1cc(OCCCC(F)(F)F)c2sc(C(F)(F)P(=O)(O)O)c(Br)c2c1. The van der Waals surface area contributed by atoms with Crippen molar-refractivity contribution in [2.24, 2.45) is 0 Å². The fraction of sp³-hybridized carbons (Fsp3) is 0.400. The Morgan fingerprint density at radius 1 is 1.25 bits per heavy atom. The number of fused-ring (bicyclic) bond motifs is 1. The number of hydrogen-bond acceptors (Lipinski definition) is 4.